The number of sulfonamides is 1. The maximum Gasteiger partial charge on any atom is 0.259 e. The molecule has 0 saturated carbocycles. The topological polar surface area (TPSA) is 84.2 Å². The minimum atomic E-state index is -3.53. The number of imidazole rings is 1. The Kier molecular flexibility index (Phi) is 5.77. The number of hydrogen-bond acceptors (Lipinski definition) is 4. The highest BCUT2D eigenvalue weighted by Gasteiger charge is 2.18. The van der Waals surface area contributed by atoms with Crippen molar-refractivity contribution in [2.24, 2.45) is 13.0 Å². The number of nitrogens with zero attached hydrogens (tertiary/aromatic N) is 2. The van der Waals surface area contributed by atoms with Crippen LogP contribution < -0.4 is 4.72 Å². The average Bonchev–Trinajstić information content (AvgIpc) is 2.74. The van der Waals surface area contributed by atoms with E-state index in [0.717, 1.165) is 12.8 Å². The van der Waals surface area contributed by atoms with E-state index in [1.165, 1.54) is 12.5 Å². The average molecular weight is 275 g/mol. The molecule has 18 heavy (non-hydrogen) atoms. The summed E-state index contributed by atoms with van der Waals surface area (Å²) in [5.41, 5.74) is 0. The minimum absolute atomic E-state index is 0.0317. The maximum atomic E-state index is 11.9. The van der Waals surface area contributed by atoms with Crippen LogP contribution in [0.4, 0.5) is 0 Å². The van der Waals surface area contributed by atoms with Crippen LogP contribution in [-0.4, -0.2) is 36.2 Å². The van der Waals surface area contributed by atoms with E-state index in [1.54, 1.807) is 11.6 Å². The first-order chi connectivity index (χ1) is 8.49. The Morgan fingerprint density at radius 1 is 1.50 bits per heavy atom. The number of hydrogen-bond donors (Lipinski definition) is 2. The molecule has 0 saturated heterocycles. The monoisotopic (exact) mass is 275 g/mol. The zero-order valence-corrected chi connectivity index (χ0v) is 11.7. The molecule has 0 fully saturated rings. The molecule has 1 unspecified atom stereocenters. The van der Waals surface area contributed by atoms with Crippen LogP contribution >= 0.6 is 0 Å². The third-order valence-corrected chi connectivity index (χ3v) is 4.06. The van der Waals surface area contributed by atoms with Crippen LogP contribution in [0.25, 0.3) is 0 Å². The van der Waals surface area contributed by atoms with Crippen molar-refractivity contribution < 1.29 is 13.5 Å². The minimum Gasteiger partial charge on any atom is -0.396 e. The Morgan fingerprint density at radius 3 is 2.72 bits per heavy atom. The van der Waals surface area contributed by atoms with Crippen molar-refractivity contribution in [3.63, 3.8) is 0 Å². The van der Waals surface area contributed by atoms with Crippen LogP contribution in [0, 0.1) is 5.92 Å². The van der Waals surface area contributed by atoms with Crippen LogP contribution in [0.15, 0.2) is 17.6 Å². The number of aliphatic hydroxyl groups is 1. The van der Waals surface area contributed by atoms with Gasteiger partial charge in [0.05, 0.1) is 6.33 Å². The van der Waals surface area contributed by atoms with Gasteiger partial charge in [-0.3, -0.25) is 0 Å². The van der Waals surface area contributed by atoms with Crippen molar-refractivity contribution in [1.29, 1.82) is 0 Å². The molecule has 2 N–H and O–H groups in total. The molecule has 0 amide bonds. The lowest BCUT2D eigenvalue weighted by Crippen LogP contribution is -2.30. The van der Waals surface area contributed by atoms with Crippen LogP contribution in [0.1, 0.15) is 26.2 Å². The first-order valence-corrected chi connectivity index (χ1v) is 7.56. The molecular formula is C11H21N3O3S. The van der Waals surface area contributed by atoms with Crippen LogP contribution in [0.5, 0.6) is 0 Å². The second-order valence-corrected chi connectivity index (χ2v) is 6.11. The summed E-state index contributed by atoms with van der Waals surface area (Å²) < 4.78 is 28.0. The highest BCUT2D eigenvalue weighted by atomic mass is 32.2. The lowest BCUT2D eigenvalue weighted by atomic mass is 10.0. The van der Waals surface area contributed by atoms with E-state index >= 15 is 0 Å². The molecule has 0 spiro atoms. The maximum absolute atomic E-state index is 11.9. The molecule has 0 radical (unpaired) electrons. The largest absolute Gasteiger partial charge is 0.396 e. The predicted octanol–water partition coefficient (Wildman–Crippen LogP) is 0.497. The molecule has 1 heterocycles. The second-order valence-electron chi connectivity index (χ2n) is 4.40. The Hall–Kier alpha value is -0.920. The van der Waals surface area contributed by atoms with Crippen molar-refractivity contribution in [2.75, 3.05) is 13.2 Å². The number of aryl methyl sites for hydroxylation is 1. The SMILES string of the molecule is CCCC(CCO)CNS(=O)(=O)c1cn(C)cn1. The first kappa shape index (κ1) is 15.1. The third kappa shape index (κ3) is 4.40. The molecule has 0 aliphatic rings. The van der Waals surface area contributed by atoms with E-state index in [0.29, 0.717) is 13.0 Å². The molecule has 7 heteroatoms. The first-order valence-electron chi connectivity index (χ1n) is 6.08. The Morgan fingerprint density at radius 2 is 2.22 bits per heavy atom. The molecule has 1 aromatic rings. The van der Waals surface area contributed by atoms with E-state index < -0.39 is 10.0 Å². The fourth-order valence-electron chi connectivity index (χ4n) is 1.77. The summed E-state index contributed by atoms with van der Waals surface area (Å²) in [7, 11) is -1.81. The van der Waals surface area contributed by atoms with Gasteiger partial charge in [0.25, 0.3) is 10.0 Å². The van der Waals surface area contributed by atoms with Gasteiger partial charge < -0.3 is 9.67 Å². The van der Waals surface area contributed by atoms with E-state index in [1.807, 2.05) is 6.92 Å². The van der Waals surface area contributed by atoms with Gasteiger partial charge in [-0.15, -0.1) is 0 Å². The van der Waals surface area contributed by atoms with Crippen molar-refractivity contribution in [3.8, 4) is 0 Å². The fraction of sp³-hybridized carbons (Fsp3) is 0.727. The van der Waals surface area contributed by atoms with Gasteiger partial charge in [-0.25, -0.2) is 18.1 Å². The normalized spacial score (nSPS) is 13.7. The molecule has 1 aromatic heterocycles. The molecule has 0 aliphatic carbocycles. The van der Waals surface area contributed by atoms with Crippen LogP contribution in [0.3, 0.4) is 0 Å². The van der Waals surface area contributed by atoms with E-state index in [9.17, 15) is 8.42 Å². The molecule has 1 rings (SSSR count). The zero-order valence-electron chi connectivity index (χ0n) is 10.8. The van der Waals surface area contributed by atoms with Gasteiger partial charge in [-0.1, -0.05) is 13.3 Å². The highest BCUT2D eigenvalue weighted by Crippen LogP contribution is 2.11. The van der Waals surface area contributed by atoms with E-state index in [2.05, 4.69) is 9.71 Å². The summed E-state index contributed by atoms with van der Waals surface area (Å²) in [6.07, 6.45) is 5.38. The van der Waals surface area contributed by atoms with Gasteiger partial charge >= 0.3 is 0 Å². The van der Waals surface area contributed by atoms with Crippen molar-refractivity contribution in [3.05, 3.63) is 12.5 Å². The van der Waals surface area contributed by atoms with Crippen molar-refractivity contribution >= 4 is 10.0 Å². The number of rotatable bonds is 8. The predicted molar refractivity (Wildman–Crippen MR) is 68.5 cm³/mol. The van der Waals surface area contributed by atoms with Gasteiger partial charge in [0, 0.05) is 26.4 Å². The number of nitrogens with one attached hydrogen (secondary N) is 1. The number of aromatic nitrogens is 2. The molecule has 6 nitrogen and oxygen atoms in total. The van der Waals surface area contributed by atoms with Crippen molar-refractivity contribution in [2.45, 2.75) is 31.2 Å². The van der Waals surface area contributed by atoms with Crippen LogP contribution in [-0.2, 0) is 17.1 Å². The second kappa shape index (κ2) is 6.86. The molecule has 0 bridgehead atoms. The standard InChI is InChI=1S/C11H21N3O3S/c1-3-4-10(5-6-15)7-13-18(16,17)11-8-14(2)9-12-11/h8-10,13,15H,3-7H2,1-2H3. The van der Waals surface area contributed by atoms with Crippen LogP contribution in [0.2, 0.25) is 0 Å². The number of aliphatic hydroxyl groups excluding tert-OH is 1. The Bertz CT molecular complexity index is 450. The summed E-state index contributed by atoms with van der Waals surface area (Å²) in [5.74, 6) is 0.165. The van der Waals surface area contributed by atoms with Gasteiger partial charge in [-0.2, -0.15) is 0 Å². The molecule has 1 atom stereocenters. The Balaban J connectivity index is 2.60. The van der Waals surface area contributed by atoms with Gasteiger partial charge in [0.1, 0.15) is 0 Å². The summed E-state index contributed by atoms with van der Waals surface area (Å²) in [5, 5.41) is 8.95. The van der Waals surface area contributed by atoms with Gasteiger partial charge in [0.15, 0.2) is 5.03 Å². The van der Waals surface area contributed by atoms with Crippen molar-refractivity contribution in [1.82, 2.24) is 14.3 Å². The fourth-order valence-corrected chi connectivity index (χ4v) is 2.86. The van der Waals surface area contributed by atoms with E-state index in [-0.39, 0.29) is 17.6 Å². The molecule has 0 aromatic carbocycles. The van der Waals surface area contributed by atoms with Gasteiger partial charge in [0.2, 0.25) is 0 Å². The third-order valence-electron chi connectivity index (χ3n) is 2.75. The summed E-state index contributed by atoms with van der Waals surface area (Å²) >= 11 is 0. The molecule has 104 valence electrons. The summed E-state index contributed by atoms with van der Waals surface area (Å²) in [6, 6.07) is 0. The quantitative estimate of drug-likeness (QED) is 0.723. The highest BCUT2D eigenvalue weighted by molar-refractivity contribution is 7.89. The smallest absolute Gasteiger partial charge is 0.259 e. The zero-order chi connectivity index (χ0) is 13.6. The molecule has 0 aliphatic heterocycles. The van der Waals surface area contributed by atoms with Gasteiger partial charge in [-0.05, 0) is 18.8 Å². The van der Waals surface area contributed by atoms with E-state index in [4.69, 9.17) is 5.11 Å². The summed E-state index contributed by atoms with van der Waals surface area (Å²) in [6.45, 7) is 2.46. The lowest BCUT2D eigenvalue weighted by Gasteiger charge is -2.15. The Labute approximate surface area is 108 Å². The lowest BCUT2D eigenvalue weighted by molar-refractivity contribution is 0.251. The summed E-state index contributed by atoms with van der Waals surface area (Å²) in [4.78, 5) is 3.82. The molecular weight excluding hydrogens is 254 g/mol.